The second-order valence-electron chi connectivity index (χ2n) is 8.81. The summed E-state index contributed by atoms with van der Waals surface area (Å²) in [7, 11) is 1.64. The molecule has 2 aromatic carbocycles. The lowest BCUT2D eigenvalue weighted by molar-refractivity contribution is -0.149. The number of fused-ring (bicyclic) bond motifs is 3. The first-order valence-electron chi connectivity index (χ1n) is 9.14. The topological polar surface area (TPSA) is 29.5 Å². The first-order valence-corrected chi connectivity index (χ1v) is 12.5. The highest BCUT2D eigenvalue weighted by Crippen LogP contribution is 2.59. The van der Waals surface area contributed by atoms with Crippen molar-refractivity contribution in [1.29, 1.82) is 0 Å². The third-order valence-corrected chi connectivity index (χ3v) is 6.10. The maximum absolute atomic E-state index is 13.3. The normalized spacial score (nSPS) is 15.3. The van der Waals surface area contributed by atoms with E-state index in [0.29, 0.717) is 0 Å². The van der Waals surface area contributed by atoms with Gasteiger partial charge in [0.1, 0.15) is 5.60 Å². The van der Waals surface area contributed by atoms with Gasteiger partial charge in [-0.3, -0.25) is 4.79 Å². The quantitative estimate of drug-likeness (QED) is 0.721. The Morgan fingerprint density at radius 2 is 1.35 bits per heavy atom. The predicted molar refractivity (Wildman–Crippen MR) is 110 cm³/mol. The molecule has 1 amide bonds. The third-order valence-electron chi connectivity index (χ3n) is 5.18. The van der Waals surface area contributed by atoms with Crippen molar-refractivity contribution in [1.82, 2.24) is 4.90 Å². The Hall–Kier alpha value is -1.91. The number of carbonyl (C=O) groups excluding carboxylic acids is 1. The third kappa shape index (κ3) is 2.63. The zero-order chi connectivity index (χ0) is 19.3. The molecule has 0 saturated heterocycles. The van der Waals surface area contributed by atoms with Gasteiger partial charge in [-0.1, -0.05) is 48.5 Å². The van der Waals surface area contributed by atoms with Crippen LogP contribution in [0.25, 0.3) is 11.1 Å². The molecule has 0 aromatic heterocycles. The van der Waals surface area contributed by atoms with Crippen molar-refractivity contribution in [2.75, 3.05) is 14.1 Å². The van der Waals surface area contributed by atoms with Gasteiger partial charge < -0.3 is 9.33 Å². The van der Waals surface area contributed by atoms with Crippen LogP contribution in [0.4, 0.5) is 0 Å². The molecule has 0 spiro atoms. The summed E-state index contributed by atoms with van der Waals surface area (Å²) in [6.07, 6.45) is 0. The van der Waals surface area contributed by atoms with Gasteiger partial charge in [-0.2, -0.15) is 0 Å². The predicted octanol–water partition coefficient (Wildman–Crippen LogP) is 4.88. The van der Waals surface area contributed by atoms with Gasteiger partial charge in [0.2, 0.25) is 5.91 Å². The van der Waals surface area contributed by atoms with E-state index in [9.17, 15) is 4.79 Å². The smallest absolute Gasteiger partial charge is 0.231 e. The van der Waals surface area contributed by atoms with Gasteiger partial charge in [-0.15, -0.1) is 0 Å². The van der Waals surface area contributed by atoms with Crippen LogP contribution in [-0.4, -0.2) is 33.2 Å². The fourth-order valence-electron chi connectivity index (χ4n) is 4.27. The second kappa shape index (κ2) is 6.07. The van der Waals surface area contributed by atoms with Crippen molar-refractivity contribution in [3.8, 4) is 11.1 Å². The van der Waals surface area contributed by atoms with Crippen molar-refractivity contribution >= 4 is 14.2 Å². The van der Waals surface area contributed by atoms with Crippen LogP contribution in [0.1, 0.15) is 25.0 Å². The van der Waals surface area contributed by atoms with E-state index in [0.717, 1.165) is 11.1 Å². The molecule has 3 rings (SSSR count). The van der Waals surface area contributed by atoms with Gasteiger partial charge in [0.25, 0.3) is 0 Å². The Bertz CT molecular complexity index is 804. The number of hydrogen-bond donors (Lipinski definition) is 0. The molecule has 0 saturated carbocycles. The Labute approximate surface area is 158 Å². The van der Waals surface area contributed by atoms with Gasteiger partial charge in [0, 0.05) is 14.1 Å². The fraction of sp³-hybridized carbons (Fsp3) is 0.409. The standard InChI is InChI=1S/C22H29NO2Si/c1-21(2,20(24)23(3)4)22(25-26(5,6)7)18-14-10-8-12-16(18)17-13-9-11-15-19(17)22/h8-15H,1-7H3. The highest BCUT2D eigenvalue weighted by molar-refractivity contribution is 6.69. The van der Waals surface area contributed by atoms with Crippen LogP contribution in [0, 0.1) is 5.41 Å². The highest BCUT2D eigenvalue weighted by atomic mass is 28.4. The van der Waals surface area contributed by atoms with Crippen LogP contribution in [-0.2, 0) is 14.8 Å². The lowest BCUT2D eigenvalue weighted by Crippen LogP contribution is -2.56. The van der Waals surface area contributed by atoms with E-state index in [1.807, 2.05) is 40.1 Å². The molecule has 4 heteroatoms. The van der Waals surface area contributed by atoms with Crippen LogP contribution in [0.2, 0.25) is 19.6 Å². The Morgan fingerprint density at radius 1 is 0.923 bits per heavy atom. The van der Waals surface area contributed by atoms with Gasteiger partial charge in [0.05, 0.1) is 5.41 Å². The maximum atomic E-state index is 13.3. The van der Waals surface area contributed by atoms with Crippen molar-refractivity contribution in [2.45, 2.75) is 39.1 Å². The van der Waals surface area contributed by atoms with E-state index in [2.05, 4.69) is 56.0 Å². The average Bonchev–Trinajstić information content (AvgIpc) is 2.85. The van der Waals surface area contributed by atoms with Crippen LogP contribution >= 0.6 is 0 Å². The molecule has 0 bridgehead atoms. The molecule has 0 unspecified atom stereocenters. The Kier molecular flexibility index (Phi) is 4.40. The number of hydrogen-bond acceptors (Lipinski definition) is 2. The molecule has 0 aliphatic heterocycles. The van der Waals surface area contributed by atoms with E-state index < -0.39 is 19.3 Å². The average molecular weight is 368 g/mol. The Balaban J connectivity index is 2.41. The lowest BCUT2D eigenvalue weighted by atomic mass is 9.68. The SMILES string of the molecule is CN(C)C(=O)C(C)(C)C1(O[Si](C)(C)C)c2ccccc2-c2ccccc21. The molecule has 0 N–H and O–H groups in total. The van der Waals surface area contributed by atoms with E-state index in [1.54, 1.807) is 4.90 Å². The van der Waals surface area contributed by atoms with Crippen LogP contribution in [0.3, 0.4) is 0 Å². The van der Waals surface area contributed by atoms with Gasteiger partial charge in [0.15, 0.2) is 8.32 Å². The Morgan fingerprint density at radius 3 is 1.73 bits per heavy atom. The van der Waals surface area contributed by atoms with Crippen molar-refractivity contribution in [2.24, 2.45) is 5.41 Å². The molecular formula is C22H29NO2Si. The summed E-state index contributed by atoms with van der Waals surface area (Å²) in [6.45, 7) is 10.6. The summed E-state index contributed by atoms with van der Waals surface area (Å²) in [5, 5.41) is 0. The van der Waals surface area contributed by atoms with Crippen molar-refractivity contribution < 1.29 is 9.22 Å². The highest BCUT2D eigenvalue weighted by Gasteiger charge is 2.59. The van der Waals surface area contributed by atoms with E-state index in [-0.39, 0.29) is 5.91 Å². The summed E-state index contributed by atoms with van der Waals surface area (Å²) in [4.78, 5) is 15.0. The first kappa shape index (κ1) is 18.9. The molecular weight excluding hydrogens is 338 g/mol. The van der Waals surface area contributed by atoms with Crippen LogP contribution in [0.15, 0.2) is 48.5 Å². The van der Waals surface area contributed by atoms with Crippen molar-refractivity contribution in [3.63, 3.8) is 0 Å². The minimum absolute atomic E-state index is 0.0715. The number of rotatable bonds is 4. The van der Waals surface area contributed by atoms with Gasteiger partial charge in [-0.05, 0) is 55.7 Å². The molecule has 0 fully saturated rings. The molecule has 0 heterocycles. The molecule has 1 aliphatic rings. The lowest BCUT2D eigenvalue weighted by Gasteiger charge is -2.48. The summed E-state index contributed by atoms with van der Waals surface area (Å²) in [5.41, 5.74) is 3.00. The molecule has 0 radical (unpaired) electrons. The van der Waals surface area contributed by atoms with Gasteiger partial charge >= 0.3 is 0 Å². The van der Waals surface area contributed by atoms with Crippen LogP contribution in [0.5, 0.6) is 0 Å². The number of benzene rings is 2. The summed E-state index contributed by atoms with van der Waals surface area (Å²) < 4.78 is 6.97. The molecule has 3 nitrogen and oxygen atoms in total. The fourth-order valence-corrected chi connectivity index (χ4v) is 5.67. The second-order valence-corrected chi connectivity index (χ2v) is 13.2. The molecule has 2 aromatic rings. The van der Waals surface area contributed by atoms with Gasteiger partial charge in [-0.25, -0.2) is 0 Å². The molecule has 1 aliphatic carbocycles. The largest absolute Gasteiger partial charge is 0.403 e. The summed E-state index contributed by atoms with van der Waals surface area (Å²) >= 11 is 0. The van der Waals surface area contributed by atoms with E-state index >= 15 is 0 Å². The van der Waals surface area contributed by atoms with E-state index in [4.69, 9.17) is 4.43 Å². The van der Waals surface area contributed by atoms with Crippen molar-refractivity contribution in [3.05, 3.63) is 59.7 Å². The molecule has 26 heavy (non-hydrogen) atoms. The zero-order valence-corrected chi connectivity index (χ0v) is 17.9. The number of carbonyl (C=O) groups is 1. The number of nitrogens with zero attached hydrogens (tertiary/aromatic N) is 1. The minimum Gasteiger partial charge on any atom is -0.403 e. The maximum Gasteiger partial charge on any atom is 0.231 e. The minimum atomic E-state index is -1.99. The van der Waals surface area contributed by atoms with E-state index in [1.165, 1.54) is 11.1 Å². The summed E-state index contributed by atoms with van der Waals surface area (Å²) in [6, 6.07) is 16.7. The van der Waals surface area contributed by atoms with Crippen LogP contribution < -0.4 is 0 Å². The molecule has 0 atom stereocenters. The monoisotopic (exact) mass is 367 g/mol. The summed E-state index contributed by atoms with van der Waals surface area (Å²) in [5.74, 6) is 0.0715. The number of amides is 1. The molecule has 138 valence electrons. The first-order chi connectivity index (χ1) is 12.0. The zero-order valence-electron chi connectivity index (χ0n) is 16.9.